The van der Waals surface area contributed by atoms with Crippen LogP contribution in [0.5, 0.6) is 0 Å². The van der Waals surface area contributed by atoms with E-state index in [0.717, 1.165) is 37.1 Å². The second-order valence-electron chi connectivity index (χ2n) is 8.23. The molecule has 1 unspecified atom stereocenters. The molecule has 0 spiro atoms. The molecule has 1 saturated heterocycles. The van der Waals surface area contributed by atoms with Gasteiger partial charge in [-0.2, -0.15) is 0 Å². The average molecular weight is 427 g/mol. The molecule has 5 heteroatoms. The van der Waals surface area contributed by atoms with Crippen LogP contribution in [0.1, 0.15) is 18.9 Å². The van der Waals surface area contributed by atoms with Crippen LogP contribution in [0, 0.1) is 11.2 Å². The van der Waals surface area contributed by atoms with Crippen molar-refractivity contribution in [2.24, 2.45) is 5.41 Å². The van der Waals surface area contributed by atoms with Crippen LogP contribution in [-0.2, 0) is 11.2 Å². The Morgan fingerprint density at radius 3 is 2.50 bits per heavy atom. The van der Waals surface area contributed by atoms with E-state index in [-0.39, 0.29) is 17.8 Å². The Hall–Kier alpha value is -2.43. The van der Waals surface area contributed by atoms with Crippen LogP contribution in [0.3, 0.4) is 0 Å². The Morgan fingerprint density at radius 2 is 1.87 bits per heavy atom. The zero-order chi connectivity index (χ0) is 21.7. The molecule has 0 saturated carbocycles. The molecular formula is C25H28ClFN2O. The van der Waals surface area contributed by atoms with Crippen molar-refractivity contribution in [2.75, 3.05) is 19.6 Å². The highest BCUT2D eigenvalue weighted by molar-refractivity contribution is 6.30. The summed E-state index contributed by atoms with van der Waals surface area (Å²) in [6, 6.07) is 12.4. The topological polar surface area (TPSA) is 32.3 Å². The van der Waals surface area contributed by atoms with Gasteiger partial charge in [-0.25, -0.2) is 4.39 Å². The molecule has 2 aromatic carbocycles. The van der Waals surface area contributed by atoms with Gasteiger partial charge in [-0.05, 0) is 49.1 Å². The zero-order valence-electron chi connectivity index (χ0n) is 17.3. The summed E-state index contributed by atoms with van der Waals surface area (Å²) in [5, 5.41) is 3.66. The lowest BCUT2D eigenvalue weighted by molar-refractivity contribution is -0.127. The summed E-state index contributed by atoms with van der Waals surface area (Å²) < 4.78 is 14.1. The van der Waals surface area contributed by atoms with Gasteiger partial charge < -0.3 is 5.32 Å². The van der Waals surface area contributed by atoms with Crippen molar-refractivity contribution in [1.29, 1.82) is 0 Å². The lowest BCUT2D eigenvalue weighted by Gasteiger charge is -2.29. The van der Waals surface area contributed by atoms with E-state index >= 15 is 0 Å². The number of nitrogens with zero attached hydrogens (tertiary/aromatic N) is 1. The van der Waals surface area contributed by atoms with Crippen LogP contribution in [0.15, 0.2) is 67.8 Å². The molecule has 1 amide bonds. The third-order valence-corrected chi connectivity index (χ3v) is 5.84. The van der Waals surface area contributed by atoms with Crippen molar-refractivity contribution in [3.63, 3.8) is 0 Å². The number of hydrogen-bond donors (Lipinski definition) is 1. The van der Waals surface area contributed by atoms with E-state index in [4.69, 9.17) is 11.6 Å². The second-order valence-corrected chi connectivity index (χ2v) is 8.67. The molecule has 0 bridgehead atoms. The minimum absolute atomic E-state index is 0.0746. The highest BCUT2D eigenvalue weighted by atomic mass is 35.5. The van der Waals surface area contributed by atoms with Gasteiger partial charge in [0.2, 0.25) is 5.91 Å². The minimum atomic E-state index is -0.444. The molecule has 158 valence electrons. The summed E-state index contributed by atoms with van der Waals surface area (Å²) in [6.45, 7) is 11.7. The fraction of sp³-hybridized carbons (Fsp3) is 0.320. The largest absolute Gasteiger partial charge is 0.352 e. The maximum absolute atomic E-state index is 14.1. The van der Waals surface area contributed by atoms with Crippen LogP contribution < -0.4 is 5.32 Å². The van der Waals surface area contributed by atoms with Crippen LogP contribution in [0.4, 0.5) is 4.39 Å². The number of carbonyl (C=O) groups is 1. The predicted octanol–water partition coefficient (Wildman–Crippen LogP) is 5.26. The monoisotopic (exact) mass is 426 g/mol. The number of amides is 1. The minimum Gasteiger partial charge on any atom is -0.352 e. The van der Waals surface area contributed by atoms with E-state index < -0.39 is 5.41 Å². The number of halogens is 2. The first-order valence-corrected chi connectivity index (χ1v) is 10.5. The smallest absolute Gasteiger partial charge is 0.227 e. The zero-order valence-corrected chi connectivity index (χ0v) is 18.1. The molecule has 1 heterocycles. The first kappa shape index (κ1) is 22.3. The number of hydrogen-bond acceptors (Lipinski definition) is 2. The maximum atomic E-state index is 14.1. The standard InChI is InChI=1S/C25H28ClFN2O/c1-4-12-29(13-5-2)17-25(3)16-21(28-24(25)30)14-18-6-8-19(9-7-18)22-15-20(26)10-11-23(22)27/h4-11,15,21H,1-2,12-14,16-17H2,3H3,(H,28,30)/t21-,25?/m1/s1. The van der Waals surface area contributed by atoms with Crippen molar-refractivity contribution in [3.8, 4) is 11.1 Å². The predicted molar refractivity (Wildman–Crippen MR) is 122 cm³/mol. The highest BCUT2D eigenvalue weighted by Crippen LogP contribution is 2.33. The van der Waals surface area contributed by atoms with Gasteiger partial charge in [0.05, 0.1) is 5.41 Å². The molecule has 3 rings (SSSR count). The second kappa shape index (κ2) is 9.59. The molecule has 1 aliphatic heterocycles. The molecule has 1 aliphatic rings. The van der Waals surface area contributed by atoms with Crippen molar-refractivity contribution in [3.05, 3.63) is 84.2 Å². The van der Waals surface area contributed by atoms with Crippen LogP contribution in [0.2, 0.25) is 5.02 Å². The van der Waals surface area contributed by atoms with E-state index in [1.807, 2.05) is 43.3 Å². The van der Waals surface area contributed by atoms with Gasteiger partial charge in [0.15, 0.2) is 0 Å². The SMILES string of the molecule is C=CCN(CC=C)CC1(C)C[C@@H](Cc2ccc(-c3cc(Cl)ccc3F)cc2)NC1=O. The lowest BCUT2D eigenvalue weighted by Crippen LogP contribution is -2.41. The van der Waals surface area contributed by atoms with Gasteiger partial charge in [-0.15, -0.1) is 13.2 Å². The van der Waals surface area contributed by atoms with Gasteiger partial charge in [-0.3, -0.25) is 9.69 Å². The van der Waals surface area contributed by atoms with Gasteiger partial charge in [0.25, 0.3) is 0 Å². The average Bonchev–Trinajstić information content (AvgIpc) is 2.98. The molecule has 1 N–H and O–H groups in total. The van der Waals surface area contributed by atoms with E-state index in [9.17, 15) is 9.18 Å². The Kier molecular flexibility index (Phi) is 7.11. The first-order valence-electron chi connectivity index (χ1n) is 10.1. The van der Waals surface area contributed by atoms with Gasteiger partial charge in [-0.1, -0.05) is 48.0 Å². The van der Waals surface area contributed by atoms with Crippen molar-refractivity contribution in [1.82, 2.24) is 10.2 Å². The first-order chi connectivity index (χ1) is 14.3. The third-order valence-electron chi connectivity index (χ3n) is 5.60. The van der Waals surface area contributed by atoms with Crippen molar-refractivity contribution >= 4 is 17.5 Å². The fourth-order valence-corrected chi connectivity index (χ4v) is 4.36. The number of nitrogens with one attached hydrogen (secondary N) is 1. The molecule has 30 heavy (non-hydrogen) atoms. The number of carbonyl (C=O) groups excluding carboxylic acids is 1. The highest BCUT2D eigenvalue weighted by Gasteiger charge is 2.43. The molecule has 2 atom stereocenters. The summed E-state index contributed by atoms with van der Waals surface area (Å²) in [6.07, 6.45) is 5.20. The number of rotatable bonds is 9. The van der Waals surface area contributed by atoms with Crippen molar-refractivity contribution < 1.29 is 9.18 Å². The van der Waals surface area contributed by atoms with Gasteiger partial charge in [0.1, 0.15) is 5.82 Å². The summed E-state index contributed by atoms with van der Waals surface area (Å²) in [5.41, 5.74) is 1.93. The van der Waals surface area contributed by atoms with Crippen LogP contribution in [-0.4, -0.2) is 36.5 Å². The quantitative estimate of drug-likeness (QED) is 0.555. The van der Waals surface area contributed by atoms with Crippen LogP contribution >= 0.6 is 11.6 Å². The molecule has 0 aromatic heterocycles. The summed E-state index contributed by atoms with van der Waals surface area (Å²) in [4.78, 5) is 14.9. The molecular weight excluding hydrogens is 399 g/mol. The lowest BCUT2D eigenvalue weighted by atomic mass is 9.85. The summed E-state index contributed by atoms with van der Waals surface area (Å²) in [7, 11) is 0. The molecule has 0 radical (unpaired) electrons. The van der Waals surface area contributed by atoms with Gasteiger partial charge >= 0.3 is 0 Å². The Morgan fingerprint density at radius 1 is 1.20 bits per heavy atom. The maximum Gasteiger partial charge on any atom is 0.227 e. The fourth-order valence-electron chi connectivity index (χ4n) is 4.19. The molecule has 3 nitrogen and oxygen atoms in total. The Bertz CT molecular complexity index is 917. The third kappa shape index (κ3) is 5.18. The molecule has 0 aliphatic carbocycles. The Labute approximate surface area is 183 Å². The van der Waals surface area contributed by atoms with E-state index in [2.05, 4.69) is 23.4 Å². The Balaban J connectivity index is 1.67. The van der Waals surface area contributed by atoms with E-state index in [1.165, 1.54) is 6.07 Å². The van der Waals surface area contributed by atoms with Crippen LogP contribution in [0.25, 0.3) is 11.1 Å². The van der Waals surface area contributed by atoms with Crippen molar-refractivity contribution in [2.45, 2.75) is 25.8 Å². The molecule has 2 aromatic rings. The van der Waals surface area contributed by atoms with Gasteiger partial charge in [0, 0.05) is 36.3 Å². The van der Waals surface area contributed by atoms with E-state index in [0.29, 0.717) is 17.1 Å². The number of benzene rings is 2. The summed E-state index contributed by atoms with van der Waals surface area (Å²) >= 11 is 6.01. The molecule has 1 fully saturated rings. The summed E-state index contributed by atoms with van der Waals surface area (Å²) in [5.74, 6) is -0.210. The normalized spacial score (nSPS) is 20.9. The van der Waals surface area contributed by atoms with E-state index in [1.54, 1.807) is 12.1 Å².